The molecule has 23 heavy (non-hydrogen) atoms. The number of ether oxygens (including phenoxy) is 1. The molecule has 0 radical (unpaired) electrons. The maximum atomic E-state index is 12.1. The molecule has 1 atom stereocenters. The number of aliphatic hydroxyl groups is 1. The van der Waals surface area contributed by atoms with E-state index in [1.807, 2.05) is 0 Å². The zero-order valence-corrected chi connectivity index (χ0v) is 13.8. The van der Waals surface area contributed by atoms with Gasteiger partial charge in [0.05, 0.1) is 10.7 Å². The molecule has 1 aromatic rings. The van der Waals surface area contributed by atoms with Crippen LogP contribution in [-0.4, -0.2) is 32.0 Å². The summed E-state index contributed by atoms with van der Waals surface area (Å²) in [4.78, 5) is 0.0223. The number of aliphatic hydroxyl groups excluding tert-OH is 1. The summed E-state index contributed by atoms with van der Waals surface area (Å²) in [6.45, 7) is 8.52. The van der Waals surface area contributed by atoms with Gasteiger partial charge in [-0.15, -0.1) is 5.92 Å². The van der Waals surface area contributed by atoms with Crippen LogP contribution in [0.4, 0.5) is 0 Å². The topological polar surface area (TPSA) is 63.6 Å². The summed E-state index contributed by atoms with van der Waals surface area (Å²) < 4.78 is 29.5. The van der Waals surface area contributed by atoms with Gasteiger partial charge in [0, 0.05) is 5.56 Å². The Labute approximate surface area is 137 Å². The van der Waals surface area contributed by atoms with Crippen molar-refractivity contribution >= 4 is 9.84 Å². The minimum Gasteiger partial charge on any atom is -0.491 e. The molecule has 1 rings (SSSR count). The minimum atomic E-state index is -3.63. The van der Waals surface area contributed by atoms with E-state index in [4.69, 9.17) is 4.74 Å². The molecule has 1 unspecified atom stereocenters. The lowest BCUT2D eigenvalue weighted by Gasteiger charge is -2.13. The Hall–Kier alpha value is -2.29. The van der Waals surface area contributed by atoms with Crippen LogP contribution >= 0.6 is 0 Å². The predicted octanol–water partition coefficient (Wildman–Crippen LogP) is 2.47. The molecule has 0 aromatic heterocycles. The van der Waals surface area contributed by atoms with E-state index in [0.717, 1.165) is 5.56 Å². The molecule has 0 bridgehead atoms. The molecule has 1 aromatic carbocycles. The van der Waals surface area contributed by atoms with Crippen molar-refractivity contribution in [2.45, 2.75) is 13.0 Å². The molecule has 0 aliphatic rings. The van der Waals surface area contributed by atoms with Crippen molar-refractivity contribution in [2.24, 2.45) is 0 Å². The Morgan fingerprint density at radius 2 is 2.00 bits per heavy atom. The molecule has 0 amide bonds. The van der Waals surface area contributed by atoms with Gasteiger partial charge in [0.2, 0.25) is 0 Å². The second kappa shape index (κ2) is 8.99. The maximum absolute atomic E-state index is 12.1. The molecule has 0 aliphatic heterocycles. The molecular weight excluding hydrogens is 312 g/mol. The van der Waals surface area contributed by atoms with Gasteiger partial charge >= 0.3 is 0 Å². The van der Waals surface area contributed by atoms with Crippen LogP contribution < -0.4 is 4.74 Å². The second-order valence-electron chi connectivity index (χ2n) is 4.65. The van der Waals surface area contributed by atoms with Gasteiger partial charge in [0.1, 0.15) is 18.5 Å². The van der Waals surface area contributed by atoms with Crippen LogP contribution in [0.25, 0.3) is 0 Å². The van der Waals surface area contributed by atoms with Crippen molar-refractivity contribution < 1.29 is 18.3 Å². The van der Waals surface area contributed by atoms with E-state index in [0.29, 0.717) is 5.75 Å². The summed E-state index contributed by atoms with van der Waals surface area (Å²) in [6, 6.07) is 7.01. The molecule has 0 heterocycles. The summed E-state index contributed by atoms with van der Waals surface area (Å²) in [7, 11) is -3.63. The number of sulfone groups is 1. The summed E-state index contributed by atoms with van der Waals surface area (Å²) in [5.74, 6) is 5.78. The SMILES string of the molecule is C=C/C=C(\C=C)S(=O)(=O)CC(O)COc1ccc(C#CC)cc1. The van der Waals surface area contributed by atoms with Gasteiger partial charge < -0.3 is 9.84 Å². The third kappa shape index (κ3) is 6.15. The van der Waals surface area contributed by atoms with Crippen LogP contribution in [0.5, 0.6) is 5.75 Å². The third-order valence-corrected chi connectivity index (χ3v) is 4.66. The fourth-order valence-corrected chi connectivity index (χ4v) is 3.14. The van der Waals surface area contributed by atoms with Crippen molar-refractivity contribution in [1.82, 2.24) is 0 Å². The molecule has 0 saturated carbocycles. The highest BCUT2D eigenvalue weighted by Crippen LogP contribution is 2.14. The Balaban J connectivity index is 2.64. The van der Waals surface area contributed by atoms with Crippen LogP contribution in [0.1, 0.15) is 12.5 Å². The predicted molar refractivity (Wildman–Crippen MR) is 92.8 cm³/mol. The summed E-state index contributed by atoms with van der Waals surface area (Å²) >= 11 is 0. The zero-order valence-electron chi connectivity index (χ0n) is 13.0. The van der Waals surface area contributed by atoms with Gasteiger partial charge in [-0.3, -0.25) is 0 Å². The molecule has 0 fully saturated rings. The van der Waals surface area contributed by atoms with Crippen molar-refractivity contribution in [3.63, 3.8) is 0 Å². The maximum Gasteiger partial charge on any atom is 0.181 e. The molecule has 0 aliphatic carbocycles. The summed E-state index contributed by atoms with van der Waals surface area (Å²) in [6.07, 6.45) is 2.77. The monoisotopic (exact) mass is 332 g/mol. The fraction of sp³-hybridized carbons (Fsp3) is 0.222. The molecule has 1 N–H and O–H groups in total. The number of hydrogen-bond acceptors (Lipinski definition) is 4. The highest BCUT2D eigenvalue weighted by molar-refractivity contribution is 7.95. The highest BCUT2D eigenvalue weighted by Gasteiger charge is 2.20. The normalized spacial score (nSPS) is 12.7. The van der Waals surface area contributed by atoms with Gasteiger partial charge in [-0.25, -0.2) is 8.42 Å². The van der Waals surface area contributed by atoms with Gasteiger partial charge in [-0.2, -0.15) is 0 Å². The molecule has 122 valence electrons. The first kappa shape index (κ1) is 18.8. The number of hydrogen-bond donors (Lipinski definition) is 1. The number of allylic oxidation sites excluding steroid dienone is 3. The first-order valence-corrected chi connectivity index (χ1v) is 8.59. The van der Waals surface area contributed by atoms with Crippen molar-refractivity contribution in [2.75, 3.05) is 12.4 Å². The lowest BCUT2D eigenvalue weighted by molar-refractivity contribution is 0.125. The van der Waals surface area contributed by atoms with E-state index in [2.05, 4.69) is 25.0 Å². The fourth-order valence-electron chi connectivity index (χ4n) is 1.78. The molecule has 0 saturated heterocycles. The quantitative estimate of drug-likeness (QED) is 0.587. The first-order valence-electron chi connectivity index (χ1n) is 6.94. The van der Waals surface area contributed by atoms with Gasteiger partial charge in [-0.05, 0) is 37.3 Å². The number of rotatable bonds is 8. The minimum absolute atomic E-state index is 0.0223. The average molecular weight is 332 g/mol. The Kier molecular flexibility index (Phi) is 7.33. The smallest absolute Gasteiger partial charge is 0.181 e. The van der Waals surface area contributed by atoms with Crippen LogP contribution in [0, 0.1) is 11.8 Å². The lowest BCUT2D eigenvalue weighted by Crippen LogP contribution is -2.27. The summed E-state index contributed by atoms with van der Waals surface area (Å²) in [5, 5.41) is 9.88. The van der Waals surface area contributed by atoms with Gasteiger partial charge in [-0.1, -0.05) is 31.2 Å². The van der Waals surface area contributed by atoms with E-state index in [1.54, 1.807) is 31.2 Å². The van der Waals surface area contributed by atoms with Crippen molar-refractivity contribution in [3.05, 3.63) is 66.1 Å². The number of benzene rings is 1. The summed E-state index contributed by atoms with van der Waals surface area (Å²) in [5.41, 5.74) is 0.855. The molecule has 4 nitrogen and oxygen atoms in total. The van der Waals surface area contributed by atoms with E-state index in [9.17, 15) is 13.5 Å². The Morgan fingerprint density at radius 3 is 2.52 bits per heavy atom. The van der Waals surface area contributed by atoms with Crippen molar-refractivity contribution in [3.8, 4) is 17.6 Å². The van der Waals surface area contributed by atoms with Crippen LogP contribution in [-0.2, 0) is 9.84 Å². The standard InChI is InChI=1S/C18H20O4S/c1-4-7-15-9-11-17(12-10-15)22-13-16(19)14-23(20,21)18(6-3)8-5-2/h5-6,8-12,16,19H,2-3,13-14H2,1H3/b18-8+. The van der Waals surface area contributed by atoms with Crippen molar-refractivity contribution in [1.29, 1.82) is 0 Å². The second-order valence-corrected chi connectivity index (χ2v) is 6.69. The zero-order chi connectivity index (χ0) is 17.3. The van der Waals surface area contributed by atoms with E-state index >= 15 is 0 Å². The Bertz CT molecular complexity index is 731. The molecule has 5 heteroatoms. The highest BCUT2D eigenvalue weighted by atomic mass is 32.2. The van der Waals surface area contributed by atoms with Crippen LogP contribution in [0.3, 0.4) is 0 Å². The lowest BCUT2D eigenvalue weighted by atomic mass is 10.2. The van der Waals surface area contributed by atoms with E-state index in [-0.39, 0.29) is 11.5 Å². The van der Waals surface area contributed by atoms with E-state index in [1.165, 1.54) is 18.2 Å². The van der Waals surface area contributed by atoms with Gasteiger partial charge in [0.15, 0.2) is 9.84 Å². The average Bonchev–Trinajstić information content (AvgIpc) is 2.51. The van der Waals surface area contributed by atoms with Gasteiger partial charge in [0.25, 0.3) is 0 Å². The first-order chi connectivity index (χ1) is 10.9. The molecular formula is C18H20O4S. The van der Waals surface area contributed by atoms with Crippen LogP contribution in [0.15, 0.2) is 60.6 Å². The third-order valence-electron chi connectivity index (χ3n) is 2.82. The Morgan fingerprint density at radius 1 is 1.35 bits per heavy atom. The largest absolute Gasteiger partial charge is 0.491 e. The van der Waals surface area contributed by atoms with Crippen LogP contribution in [0.2, 0.25) is 0 Å². The van der Waals surface area contributed by atoms with E-state index < -0.39 is 21.7 Å². The molecule has 0 spiro atoms.